The third-order valence-electron chi connectivity index (χ3n) is 2.84. The number of nitrogens with one attached hydrogen (secondary N) is 1. The van der Waals surface area contributed by atoms with Gasteiger partial charge in [0.1, 0.15) is 5.82 Å². The maximum absolute atomic E-state index is 13.3. The van der Waals surface area contributed by atoms with E-state index < -0.39 is 21.4 Å². The molecule has 0 bridgehead atoms. The van der Waals surface area contributed by atoms with Crippen LogP contribution in [0.1, 0.15) is 32.8 Å². The molecule has 0 unspecified atom stereocenters. The second-order valence-corrected chi connectivity index (χ2v) is 6.48. The average molecular weight is 274 g/mol. The Hall–Kier alpha value is -0.980. The minimum atomic E-state index is -3.65. The summed E-state index contributed by atoms with van der Waals surface area (Å²) in [7, 11) is -3.65. The molecule has 0 radical (unpaired) electrons. The monoisotopic (exact) mass is 274 g/mol. The van der Waals surface area contributed by atoms with Crippen LogP contribution in [0.25, 0.3) is 0 Å². The number of hydrogen-bond acceptors (Lipinski definition) is 3. The molecule has 1 aromatic rings. The Morgan fingerprint density at radius 3 is 2.50 bits per heavy atom. The largest absolute Gasteiger partial charge is 0.326 e. The highest BCUT2D eigenvalue weighted by Crippen LogP contribution is 2.18. The second kappa shape index (κ2) is 5.34. The van der Waals surface area contributed by atoms with Crippen LogP contribution < -0.4 is 10.5 Å². The first-order valence-electron chi connectivity index (χ1n) is 5.74. The Balaban J connectivity index is 3.13. The summed E-state index contributed by atoms with van der Waals surface area (Å²) < 4.78 is 40.1. The van der Waals surface area contributed by atoms with Gasteiger partial charge in [-0.25, -0.2) is 17.5 Å². The number of hydrogen-bond donors (Lipinski definition) is 2. The van der Waals surface area contributed by atoms with E-state index in [1.165, 1.54) is 12.1 Å². The van der Waals surface area contributed by atoms with Crippen LogP contribution in [0.3, 0.4) is 0 Å². The van der Waals surface area contributed by atoms with Crippen molar-refractivity contribution in [1.82, 2.24) is 4.72 Å². The van der Waals surface area contributed by atoms with Crippen molar-refractivity contribution in [2.24, 2.45) is 5.73 Å². The fourth-order valence-electron chi connectivity index (χ4n) is 1.37. The molecule has 0 aromatic heterocycles. The lowest BCUT2D eigenvalue weighted by Crippen LogP contribution is -2.42. The van der Waals surface area contributed by atoms with Crippen LogP contribution in [0.4, 0.5) is 4.39 Å². The van der Waals surface area contributed by atoms with E-state index in [2.05, 4.69) is 4.72 Å². The number of sulfonamides is 1. The van der Waals surface area contributed by atoms with Crippen LogP contribution >= 0.6 is 0 Å². The molecule has 1 rings (SSSR count). The van der Waals surface area contributed by atoms with Gasteiger partial charge in [-0.15, -0.1) is 0 Å². The lowest BCUT2D eigenvalue weighted by Gasteiger charge is -2.24. The molecule has 0 fully saturated rings. The molecule has 3 N–H and O–H groups in total. The zero-order valence-corrected chi connectivity index (χ0v) is 11.6. The smallest absolute Gasteiger partial charge is 0.241 e. The van der Waals surface area contributed by atoms with Crippen molar-refractivity contribution in [2.75, 3.05) is 0 Å². The Bertz CT molecular complexity index is 527. The van der Waals surface area contributed by atoms with Gasteiger partial charge in [0, 0.05) is 17.6 Å². The SMILES string of the molecule is CCC(C)(C)NS(=O)(=O)c1ccc(F)c(CN)c1. The molecule has 18 heavy (non-hydrogen) atoms. The van der Waals surface area contributed by atoms with E-state index in [0.29, 0.717) is 6.42 Å². The van der Waals surface area contributed by atoms with Crippen LogP contribution in [-0.4, -0.2) is 14.0 Å². The molecule has 4 nitrogen and oxygen atoms in total. The maximum atomic E-state index is 13.3. The molecule has 0 saturated heterocycles. The van der Waals surface area contributed by atoms with E-state index in [4.69, 9.17) is 5.73 Å². The Kier molecular flexibility index (Phi) is 4.47. The Morgan fingerprint density at radius 1 is 1.39 bits per heavy atom. The minimum Gasteiger partial charge on any atom is -0.326 e. The van der Waals surface area contributed by atoms with Gasteiger partial charge in [-0.2, -0.15) is 0 Å². The quantitative estimate of drug-likeness (QED) is 0.859. The van der Waals surface area contributed by atoms with Crippen molar-refractivity contribution in [3.8, 4) is 0 Å². The van der Waals surface area contributed by atoms with Crippen molar-refractivity contribution in [3.63, 3.8) is 0 Å². The van der Waals surface area contributed by atoms with Crippen LogP contribution in [0.15, 0.2) is 23.1 Å². The molecule has 0 aliphatic heterocycles. The number of nitrogens with two attached hydrogens (primary N) is 1. The predicted octanol–water partition coefficient (Wildman–Crippen LogP) is 1.75. The maximum Gasteiger partial charge on any atom is 0.241 e. The summed E-state index contributed by atoms with van der Waals surface area (Å²) in [5.41, 5.74) is 5.00. The molecule has 1 aromatic carbocycles. The highest BCUT2D eigenvalue weighted by Gasteiger charge is 2.25. The molecule has 0 atom stereocenters. The number of rotatable bonds is 5. The predicted molar refractivity (Wildman–Crippen MR) is 69.0 cm³/mol. The molecular formula is C12H19FN2O2S. The van der Waals surface area contributed by atoms with Gasteiger partial charge in [-0.3, -0.25) is 0 Å². The molecular weight excluding hydrogens is 255 g/mol. The molecule has 0 aliphatic rings. The molecule has 0 amide bonds. The van der Waals surface area contributed by atoms with Crippen molar-refractivity contribution in [3.05, 3.63) is 29.6 Å². The van der Waals surface area contributed by atoms with Gasteiger partial charge < -0.3 is 5.73 Å². The lowest BCUT2D eigenvalue weighted by atomic mass is 10.0. The lowest BCUT2D eigenvalue weighted by molar-refractivity contribution is 0.439. The summed E-state index contributed by atoms with van der Waals surface area (Å²) in [6.07, 6.45) is 0.650. The second-order valence-electron chi connectivity index (χ2n) is 4.80. The highest BCUT2D eigenvalue weighted by molar-refractivity contribution is 7.89. The first-order valence-corrected chi connectivity index (χ1v) is 7.22. The molecule has 0 aliphatic carbocycles. The van der Waals surface area contributed by atoms with E-state index in [1.807, 2.05) is 6.92 Å². The van der Waals surface area contributed by atoms with Gasteiger partial charge in [0.25, 0.3) is 0 Å². The van der Waals surface area contributed by atoms with Gasteiger partial charge in [0.15, 0.2) is 0 Å². The van der Waals surface area contributed by atoms with E-state index in [0.717, 1.165) is 6.07 Å². The van der Waals surface area contributed by atoms with Gasteiger partial charge in [-0.05, 0) is 38.5 Å². The van der Waals surface area contributed by atoms with Gasteiger partial charge in [-0.1, -0.05) is 6.92 Å². The van der Waals surface area contributed by atoms with Crippen LogP contribution in [0, 0.1) is 5.82 Å². The summed E-state index contributed by atoms with van der Waals surface area (Å²) in [6, 6.07) is 3.63. The summed E-state index contributed by atoms with van der Waals surface area (Å²) in [5, 5.41) is 0. The molecule has 102 valence electrons. The van der Waals surface area contributed by atoms with E-state index in [9.17, 15) is 12.8 Å². The van der Waals surface area contributed by atoms with Crippen molar-refractivity contribution in [2.45, 2.75) is 44.2 Å². The minimum absolute atomic E-state index is 0.0332. The first kappa shape index (κ1) is 15.1. The zero-order chi connectivity index (χ0) is 14.0. The molecule has 0 saturated carbocycles. The van der Waals surface area contributed by atoms with E-state index >= 15 is 0 Å². The summed E-state index contributed by atoms with van der Waals surface area (Å²) in [4.78, 5) is 0.0332. The zero-order valence-electron chi connectivity index (χ0n) is 10.8. The van der Waals surface area contributed by atoms with E-state index in [1.54, 1.807) is 13.8 Å². The summed E-state index contributed by atoms with van der Waals surface area (Å²) in [5.74, 6) is -0.494. The Labute approximate surface area is 107 Å². The molecule has 0 spiro atoms. The molecule has 0 heterocycles. The third-order valence-corrected chi connectivity index (χ3v) is 4.54. The molecule has 6 heteroatoms. The van der Waals surface area contributed by atoms with Crippen molar-refractivity contribution in [1.29, 1.82) is 0 Å². The standard InChI is InChI=1S/C12H19FN2O2S/c1-4-12(2,3)15-18(16,17)10-5-6-11(13)9(7-10)8-14/h5-7,15H,4,8,14H2,1-3H3. The van der Waals surface area contributed by atoms with Crippen LogP contribution in [0.5, 0.6) is 0 Å². The summed E-state index contributed by atoms with van der Waals surface area (Å²) in [6.45, 7) is 5.43. The van der Waals surface area contributed by atoms with Gasteiger partial charge >= 0.3 is 0 Å². The third kappa shape index (κ3) is 3.51. The highest BCUT2D eigenvalue weighted by atomic mass is 32.2. The fourth-order valence-corrected chi connectivity index (χ4v) is 2.90. The number of halogens is 1. The van der Waals surface area contributed by atoms with Crippen molar-refractivity contribution >= 4 is 10.0 Å². The topological polar surface area (TPSA) is 72.2 Å². The number of benzene rings is 1. The van der Waals surface area contributed by atoms with Gasteiger partial charge in [0.05, 0.1) is 4.90 Å². The normalized spacial score (nSPS) is 12.7. The average Bonchev–Trinajstić information content (AvgIpc) is 2.28. The van der Waals surface area contributed by atoms with Gasteiger partial charge in [0.2, 0.25) is 10.0 Å². The van der Waals surface area contributed by atoms with Crippen LogP contribution in [0.2, 0.25) is 0 Å². The first-order chi connectivity index (χ1) is 8.22. The fraction of sp³-hybridized carbons (Fsp3) is 0.500. The van der Waals surface area contributed by atoms with Crippen LogP contribution in [-0.2, 0) is 16.6 Å². The Morgan fingerprint density at radius 2 is 2.00 bits per heavy atom. The summed E-state index contributed by atoms with van der Waals surface area (Å²) >= 11 is 0. The van der Waals surface area contributed by atoms with Crippen molar-refractivity contribution < 1.29 is 12.8 Å². The van der Waals surface area contributed by atoms with E-state index in [-0.39, 0.29) is 17.0 Å².